The summed E-state index contributed by atoms with van der Waals surface area (Å²) in [6, 6.07) is 0. The lowest BCUT2D eigenvalue weighted by Crippen LogP contribution is -2.31. The van der Waals surface area contributed by atoms with Gasteiger partial charge in [-0.15, -0.1) is 0 Å². The number of rotatable bonds is 2. The molecule has 0 spiro atoms. The molecule has 0 aromatic heterocycles. The summed E-state index contributed by atoms with van der Waals surface area (Å²) in [6.07, 6.45) is 3.14. The molecule has 1 rings (SSSR count). The fourth-order valence-electron chi connectivity index (χ4n) is 1.09. The van der Waals surface area contributed by atoms with Gasteiger partial charge in [0, 0.05) is 11.5 Å². The summed E-state index contributed by atoms with van der Waals surface area (Å²) in [6.45, 7) is 0.782. The van der Waals surface area contributed by atoms with Crippen molar-refractivity contribution in [1.29, 1.82) is 0 Å². The minimum Gasteiger partial charge on any atom is -0.379 e. The van der Waals surface area contributed by atoms with E-state index in [1.807, 2.05) is 0 Å². The fourth-order valence-corrected chi connectivity index (χ4v) is 1.78. The van der Waals surface area contributed by atoms with Gasteiger partial charge in [-0.05, 0) is 12.8 Å². The quantitative estimate of drug-likeness (QED) is 0.552. The fraction of sp³-hybridized carbons (Fsp3) is 1.00. The van der Waals surface area contributed by atoms with Crippen molar-refractivity contribution < 1.29 is 9.47 Å². The average Bonchev–Trinajstić information content (AvgIpc) is 2.05. The molecule has 2 unspecified atom stereocenters. The van der Waals surface area contributed by atoms with Crippen LogP contribution in [-0.2, 0) is 9.47 Å². The molecular weight excluding hydrogens is 243 g/mol. The topological polar surface area (TPSA) is 18.5 Å². The van der Waals surface area contributed by atoms with Gasteiger partial charge < -0.3 is 9.47 Å². The number of ether oxygens (including phenoxy) is 2. The van der Waals surface area contributed by atoms with Crippen LogP contribution in [0, 0.1) is 0 Å². The molecule has 1 saturated heterocycles. The van der Waals surface area contributed by atoms with Crippen LogP contribution in [0.1, 0.15) is 12.8 Å². The van der Waals surface area contributed by atoms with E-state index >= 15 is 0 Å². The highest BCUT2D eigenvalue weighted by Gasteiger charge is 2.19. The molecule has 10 heavy (non-hydrogen) atoms. The van der Waals surface area contributed by atoms with Crippen LogP contribution in [-0.4, -0.2) is 30.4 Å². The summed E-state index contributed by atoms with van der Waals surface area (Å²) in [5, 5.41) is 0. The van der Waals surface area contributed by atoms with E-state index in [1.54, 1.807) is 7.11 Å². The largest absolute Gasteiger partial charge is 0.379 e. The Bertz CT molecular complexity index is 77.6. The Balaban J connectivity index is 2.17. The molecule has 0 radical (unpaired) electrons. The molecule has 2 nitrogen and oxygen atoms in total. The van der Waals surface area contributed by atoms with E-state index in [4.69, 9.17) is 9.47 Å². The van der Waals surface area contributed by atoms with Gasteiger partial charge in [-0.2, -0.15) is 0 Å². The number of halogens is 1. The van der Waals surface area contributed by atoms with E-state index in [-0.39, 0.29) is 0 Å². The molecule has 0 bridgehead atoms. The normalized spacial score (nSPS) is 34.2. The maximum atomic E-state index is 5.50. The third kappa shape index (κ3) is 2.36. The highest BCUT2D eigenvalue weighted by molar-refractivity contribution is 14.1. The molecule has 1 fully saturated rings. The van der Waals surface area contributed by atoms with Crippen molar-refractivity contribution in [2.24, 2.45) is 0 Å². The Labute approximate surface area is 75.4 Å². The molecule has 2 atom stereocenters. The van der Waals surface area contributed by atoms with Gasteiger partial charge in [-0.1, -0.05) is 22.6 Å². The predicted octanol–water partition coefficient (Wildman–Crippen LogP) is 1.62. The Morgan fingerprint density at radius 1 is 1.60 bits per heavy atom. The first-order valence-electron chi connectivity index (χ1n) is 3.57. The van der Waals surface area contributed by atoms with Crippen molar-refractivity contribution in [3.05, 3.63) is 0 Å². The number of methoxy groups -OCH3 is 1. The number of hydrogen-bond donors (Lipinski definition) is 0. The summed E-state index contributed by atoms with van der Waals surface area (Å²) in [5.74, 6) is 0. The first-order valence-corrected chi connectivity index (χ1v) is 5.09. The van der Waals surface area contributed by atoms with Gasteiger partial charge >= 0.3 is 0 Å². The molecule has 1 aliphatic rings. The molecule has 0 aliphatic carbocycles. The molecule has 0 aromatic carbocycles. The Hall–Kier alpha value is 0.650. The van der Waals surface area contributed by atoms with Crippen LogP contribution in [0.2, 0.25) is 0 Å². The zero-order valence-electron chi connectivity index (χ0n) is 6.18. The zero-order chi connectivity index (χ0) is 7.40. The summed E-state index contributed by atoms with van der Waals surface area (Å²) in [7, 11) is 1.75. The van der Waals surface area contributed by atoms with Gasteiger partial charge in [0.15, 0.2) is 0 Å². The van der Waals surface area contributed by atoms with Crippen LogP contribution in [0.3, 0.4) is 0 Å². The lowest BCUT2D eigenvalue weighted by molar-refractivity contribution is -0.0615. The van der Waals surface area contributed by atoms with E-state index in [0.29, 0.717) is 12.2 Å². The lowest BCUT2D eigenvalue weighted by Gasteiger charge is -2.26. The molecule has 1 aliphatic heterocycles. The highest BCUT2D eigenvalue weighted by Crippen LogP contribution is 2.16. The van der Waals surface area contributed by atoms with Crippen LogP contribution < -0.4 is 0 Å². The third-order valence-corrected chi connectivity index (χ3v) is 2.82. The van der Waals surface area contributed by atoms with Crippen molar-refractivity contribution >= 4 is 22.6 Å². The second-order valence-corrected chi connectivity index (χ2v) is 3.43. The molecule has 1 heterocycles. The third-order valence-electron chi connectivity index (χ3n) is 1.83. The molecule has 3 heteroatoms. The van der Waals surface area contributed by atoms with Crippen LogP contribution in [0.25, 0.3) is 0 Å². The first-order chi connectivity index (χ1) is 4.86. The van der Waals surface area contributed by atoms with Crippen molar-refractivity contribution in [3.63, 3.8) is 0 Å². The van der Waals surface area contributed by atoms with E-state index in [1.165, 1.54) is 0 Å². The summed E-state index contributed by atoms with van der Waals surface area (Å²) in [5.41, 5.74) is 0. The summed E-state index contributed by atoms with van der Waals surface area (Å²) >= 11 is 2.36. The summed E-state index contributed by atoms with van der Waals surface area (Å²) < 4.78 is 11.8. The Morgan fingerprint density at radius 3 is 2.80 bits per heavy atom. The zero-order valence-corrected chi connectivity index (χ0v) is 8.34. The first kappa shape index (κ1) is 8.74. The Kier molecular flexibility index (Phi) is 3.95. The smallest absolute Gasteiger partial charge is 0.0805 e. The maximum Gasteiger partial charge on any atom is 0.0805 e. The van der Waals surface area contributed by atoms with Gasteiger partial charge in [0.1, 0.15) is 0 Å². The number of alkyl halides is 1. The average molecular weight is 256 g/mol. The van der Waals surface area contributed by atoms with Gasteiger partial charge in [0.25, 0.3) is 0 Å². The molecule has 0 N–H and O–H groups in total. The van der Waals surface area contributed by atoms with Crippen LogP contribution >= 0.6 is 22.6 Å². The Morgan fingerprint density at radius 2 is 2.40 bits per heavy atom. The van der Waals surface area contributed by atoms with Crippen molar-refractivity contribution in [3.8, 4) is 0 Å². The van der Waals surface area contributed by atoms with Crippen molar-refractivity contribution in [2.75, 3.05) is 18.1 Å². The van der Waals surface area contributed by atoms with Gasteiger partial charge in [-0.3, -0.25) is 0 Å². The van der Waals surface area contributed by atoms with Crippen LogP contribution in [0.5, 0.6) is 0 Å². The highest BCUT2D eigenvalue weighted by atomic mass is 127. The van der Waals surface area contributed by atoms with Crippen LogP contribution in [0.15, 0.2) is 0 Å². The molecule has 0 aromatic rings. The maximum absolute atomic E-state index is 5.50. The van der Waals surface area contributed by atoms with E-state index in [2.05, 4.69) is 22.6 Å². The second-order valence-electron chi connectivity index (χ2n) is 2.54. The molecular formula is C7H13IO2. The predicted molar refractivity (Wildman–Crippen MR) is 48.7 cm³/mol. The molecule has 0 saturated carbocycles. The van der Waals surface area contributed by atoms with Gasteiger partial charge in [0.2, 0.25) is 0 Å². The van der Waals surface area contributed by atoms with Gasteiger partial charge in [0.05, 0.1) is 18.8 Å². The lowest BCUT2D eigenvalue weighted by atomic mass is 10.1. The number of hydrogen-bond acceptors (Lipinski definition) is 2. The van der Waals surface area contributed by atoms with Gasteiger partial charge in [-0.25, -0.2) is 0 Å². The van der Waals surface area contributed by atoms with Crippen molar-refractivity contribution in [2.45, 2.75) is 25.0 Å². The van der Waals surface area contributed by atoms with Crippen molar-refractivity contribution in [1.82, 2.24) is 0 Å². The minimum absolute atomic E-state index is 0.346. The van der Waals surface area contributed by atoms with Crippen LogP contribution in [0.4, 0.5) is 0 Å². The minimum atomic E-state index is 0.346. The monoisotopic (exact) mass is 256 g/mol. The second kappa shape index (κ2) is 4.51. The molecule has 60 valence electrons. The summed E-state index contributed by atoms with van der Waals surface area (Å²) in [4.78, 5) is 0. The van der Waals surface area contributed by atoms with E-state index in [0.717, 1.165) is 23.9 Å². The van der Waals surface area contributed by atoms with E-state index in [9.17, 15) is 0 Å². The van der Waals surface area contributed by atoms with E-state index < -0.39 is 0 Å². The molecule has 0 amide bonds. The SMILES string of the molecule is COC1CCC(CI)OC1. The standard InChI is InChI=1S/C7H13IO2/c1-9-7-3-2-6(4-8)10-5-7/h6-7H,2-5H2,1H3.